The molecule has 1 aromatic carbocycles. The van der Waals surface area contributed by atoms with Crippen molar-refractivity contribution in [3.63, 3.8) is 0 Å². The number of halogens is 2. The van der Waals surface area contributed by atoms with Gasteiger partial charge in [-0.2, -0.15) is 5.10 Å². The number of rotatable bonds is 12. The summed E-state index contributed by atoms with van der Waals surface area (Å²) in [6.45, 7) is 24.4. The van der Waals surface area contributed by atoms with Gasteiger partial charge in [0, 0.05) is 27.8 Å². The Labute approximate surface area is 285 Å². The van der Waals surface area contributed by atoms with Crippen LogP contribution in [0.5, 0.6) is 0 Å². The number of fused-ring (bicyclic) bond motifs is 2. The molecule has 2 aliphatic rings. The Morgan fingerprint density at radius 1 is 0.956 bits per heavy atom. The molecule has 3 aromatic rings. The molecule has 11 heteroatoms. The predicted molar refractivity (Wildman–Crippen MR) is 196 cm³/mol. The minimum Gasteiger partial charge on any atom is -0.410 e. The van der Waals surface area contributed by atoms with E-state index in [-0.39, 0.29) is 11.2 Å². The molecule has 0 amide bonds. The highest BCUT2D eigenvalue weighted by Gasteiger charge is 2.46. The number of piperidine rings is 1. The summed E-state index contributed by atoms with van der Waals surface area (Å²) >= 11 is 2.28. The Balaban J connectivity index is 1.45. The lowest BCUT2D eigenvalue weighted by atomic mass is 9.76. The van der Waals surface area contributed by atoms with Crippen LogP contribution in [0.25, 0.3) is 11.2 Å². The van der Waals surface area contributed by atoms with E-state index in [1.54, 1.807) is 12.1 Å². The maximum absolute atomic E-state index is 14.0. The van der Waals surface area contributed by atoms with E-state index in [1.807, 2.05) is 10.7 Å². The third kappa shape index (κ3) is 7.37. The Morgan fingerprint density at radius 2 is 1.60 bits per heavy atom. The number of aromatic nitrogens is 4. The summed E-state index contributed by atoms with van der Waals surface area (Å²) in [6.07, 6.45) is 4.08. The zero-order valence-corrected chi connectivity index (χ0v) is 33.0. The minimum atomic E-state index is -2.12. The monoisotopic (exact) mass is 765 g/mol. The zero-order chi connectivity index (χ0) is 32.7. The number of hydrogen-bond acceptors (Lipinski definition) is 6. The van der Waals surface area contributed by atoms with Crippen LogP contribution in [0.3, 0.4) is 0 Å². The van der Waals surface area contributed by atoms with Crippen LogP contribution in [0, 0.1) is 14.9 Å². The fourth-order valence-corrected chi connectivity index (χ4v) is 14.7. The fraction of sp³-hybridized carbons (Fsp3) is 0.676. The van der Waals surface area contributed by atoms with Crippen LogP contribution in [0.2, 0.25) is 42.3 Å². The number of anilines is 1. The van der Waals surface area contributed by atoms with Gasteiger partial charge in [-0.25, -0.2) is 19.0 Å². The van der Waals surface area contributed by atoms with Crippen LogP contribution in [-0.2, 0) is 35.3 Å². The molecule has 1 aliphatic heterocycles. The predicted octanol–water partition coefficient (Wildman–Crippen LogP) is 8.96. The van der Waals surface area contributed by atoms with Crippen molar-refractivity contribution in [1.29, 1.82) is 0 Å². The average Bonchev–Trinajstić information content (AvgIpc) is 3.46. The van der Waals surface area contributed by atoms with Crippen LogP contribution in [0.15, 0.2) is 18.2 Å². The third-order valence-electron chi connectivity index (χ3n) is 10.4. The molecular weight excluding hydrogens is 712 g/mol. The van der Waals surface area contributed by atoms with E-state index in [1.165, 1.54) is 11.1 Å². The standard InChI is InChI=1S/C34H53FIN5O2Si2/c1-23(2)45(24(3)4,25(5)6)43-21-29-32(38-33-30(37-29)31(36)39-41(33)22-42-16-17-44(7,8)9)40-14-12-34(13-15-40)19-26-10-11-28(35)18-27(26)20-34/h10-11,18,23-25H,12-17,19-22H2,1-9H3. The lowest BCUT2D eigenvalue weighted by Crippen LogP contribution is -2.47. The van der Waals surface area contributed by atoms with E-state index in [2.05, 4.69) is 88.7 Å². The van der Waals surface area contributed by atoms with Gasteiger partial charge in [0.15, 0.2) is 15.2 Å². The molecular formula is C34H53FIN5O2Si2. The van der Waals surface area contributed by atoms with E-state index >= 15 is 0 Å². The number of benzene rings is 1. The molecule has 0 N–H and O–H groups in total. The van der Waals surface area contributed by atoms with Gasteiger partial charge in [0.05, 0.1) is 6.61 Å². The van der Waals surface area contributed by atoms with E-state index in [0.717, 1.165) is 77.8 Å². The highest BCUT2D eigenvalue weighted by Crippen LogP contribution is 2.46. The zero-order valence-electron chi connectivity index (χ0n) is 28.8. The number of hydrogen-bond donors (Lipinski definition) is 0. The summed E-state index contributed by atoms with van der Waals surface area (Å²) in [5.41, 5.74) is 6.64. The Morgan fingerprint density at radius 3 is 2.22 bits per heavy atom. The molecule has 3 heterocycles. The lowest BCUT2D eigenvalue weighted by Gasteiger charge is -2.43. The maximum Gasteiger partial charge on any atom is 0.200 e. The molecule has 7 nitrogen and oxygen atoms in total. The van der Waals surface area contributed by atoms with Gasteiger partial charge < -0.3 is 14.1 Å². The van der Waals surface area contributed by atoms with Gasteiger partial charge >= 0.3 is 0 Å². The maximum atomic E-state index is 14.0. The summed E-state index contributed by atoms with van der Waals surface area (Å²) in [7, 11) is -3.31. The molecule has 0 bridgehead atoms. The topological polar surface area (TPSA) is 65.3 Å². The fourth-order valence-electron chi connectivity index (χ4n) is 7.98. The van der Waals surface area contributed by atoms with E-state index in [0.29, 0.717) is 30.0 Å². The second-order valence-corrected chi connectivity index (χ2v) is 27.8. The van der Waals surface area contributed by atoms with Crippen LogP contribution in [0.1, 0.15) is 71.2 Å². The first-order valence-corrected chi connectivity index (χ1v) is 23.7. The van der Waals surface area contributed by atoms with E-state index in [4.69, 9.17) is 24.2 Å². The van der Waals surface area contributed by atoms with E-state index in [9.17, 15) is 4.39 Å². The first-order chi connectivity index (χ1) is 21.1. The van der Waals surface area contributed by atoms with Crippen LogP contribution >= 0.6 is 22.6 Å². The summed E-state index contributed by atoms with van der Waals surface area (Å²) < 4.78 is 30.0. The molecule has 5 rings (SSSR count). The first kappa shape index (κ1) is 34.9. The molecule has 1 fully saturated rings. The summed E-state index contributed by atoms with van der Waals surface area (Å²) in [4.78, 5) is 13.0. The molecule has 0 saturated carbocycles. The molecule has 1 saturated heterocycles. The van der Waals surface area contributed by atoms with Crippen molar-refractivity contribution >= 4 is 56.0 Å². The van der Waals surface area contributed by atoms with Crippen molar-refractivity contribution < 1.29 is 13.6 Å². The molecule has 45 heavy (non-hydrogen) atoms. The molecule has 248 valence electrons. The molecule has 1 aliphatic carbocycles. The second kappa shape index (κ2) is 13.6. The van der Waals surface area contributed by atoms with Gasteiger partial charge in [-0.15, -0.1) is 0 Å². The molecule has 0 atom stereocenters. The van der Waals surface area contributed by atoms with Crippen molar-refractivity contribution in [3.05, 3.63) is 44.5 Å². The van der Waals surface area contributed by atoms with Crippen molar-refractivity contribution in [2.45, 2.75) is 123 Å². The molecule has 0 radical (unpaired) electrons. The summed E-state index contributed by atoms with van der Waals surface area (Å²) in [5, 5.41) is 4.82. The van der Waals surface area contributed by atoms with Crippen molar-refractivity contribution in [2.24, 2.45) is 5.41 Å². The quantitative estimate of drug-likeness (QED) is 0.104. The summed E-state index contributed by atoms with van der Waals surface area (Å²) in [5.74, 6) is 0.786. The normalized spacial score (nSPS) is 17.1. The van der Waals surface area contributed by atoms with Crippen LogP contribution < -0.4 is 4.90 Å². The van der Waals surface area contributed by atoms with Gasteiger partial charge in [-0.1, -0.05) is 67.2 Å². The Hall–Kier alpha value is -1.42. The number of nitrogens with zero attached hydrogens (tertiary/aromatic N) is 5. The minimum absolute atomic E-state index is 0.129. The third-order valence-corrected chi connectivity index (χ3v) is 18.9. The van der Waals surface area contributed by atoms with E-state index < -0.39 is 16.4 Å². The van der Waals surface area contributed by atoms with Gasteiger partial charge in [0.2, 0.25) is 8.32 Å². The second-order valence-electron chi connectivity index (χ2n) is 15.7. The number of ether oxygens (including phenoxy) is 1. The first-order valence-electron chi connectivity index (χ1n) is 16.8. The molecule has 0 unspecified atom stereocenters. The Kier molecular flexibility index (Phi) is 10.5. The van der Waals surface area contributed by atoms with Gasteiger partial charge in [-0.05, 0) is 99.6 Å². The summed E-state index contributed by atoms with van der Waals surface area (Å²) in [6, 6.07) is 6.46. The highest BCUT2D eigenvalue weighted by molar-refractivity contribution is 14.1. The smallest absolute Gasteiger partial charge is 0.200 e. The van der Waals surface area contributed by atoms with Gasteiger partial charge in [0.1, 0.15) is 23.8 Å². The molecule has 2 aromatic heterocycles. The van der Waals surface area contributed by atoms with Crippen LogP contribution in [0.4, 0.5) is 10.2 Å². The molecule has 1 spiro atoms. The lowest BCUT2D eigenvalue weighted by molar-refractivity contribution is 0.0810. The van der Waals surface area contributed by atoms with Crippen molar-refractivity contribution in [3.8, 4) is 0 Å². The highest BCUT2D eigenvalue weighted by atomic mass is 127. The van der Waals surface area contributed by atoms with Crippen molar-refractivity contribution in [2.75, 3.05) is 24.6 Å². The van der Waals surface area contributed by atoms with Crippen LogP contribution in [-0.4, -0.2) is 55.8 Å². The Bertz CT molecular complexity index is 1480. The largest absolute Gasteiger partial charge is 0.410 e. The van der Waals surface area contributed by atoms with Crippen molar-refractivity contribution in [1.82, 2.24) is 19.7 Å². The van der Waals surface area contributed by atoms with Gasteiger partial charge in [-0.3, -0.25) is 0 Å². The van der Waals surface area contributed by atoms with Gasteiger partial charge in [0.25, 0.3) is 0 Å². The average molecular weight is 766 g/mol. The SMILES string of the molecule is CC(C)[Si](OCc1nc2c(I)nn(COCC[Si](C)(C)C)c2nc1N1CCC2(CC1)Cc1ccc(F)cc1C2)(C(C)C)C(C)C.